The second-order valence-corrected chi connectivity index (χ2v) is 10.2. The number of nitrogens with zero attached hydrogens (tertiary/aromatic N) is 2. The van der Waals surface area contributed by atoms with Gasteiger partial charge >= 0.3 is 6.18 Å². The highest BCUT2D eigenvalue weighted by molar-refractivity contribution is 6.00. The minimum atomic E-state index is -4.48. The fourth-order valence-corrected chi connectivity index (χ4v) is 5.21. The van der Waals surface area contributed by atoms with E-state index in [1.807, 2.05) is 5.32 Å². The molecule has 2 aromatic rings. The lowest BCUT2D eigenvalue weighted by Crippen LogP contribution is -2.49. The van der Waals surface area contributed by atoms with E-state index >= 15 is 0 Å². The van der Waals surface area contributed by atoms with Gasteiger partial charge in [0.15, 0.2) is 0 Å². The van der Waals surface area contributed by atoms with E-state index in [2.05, 4.69) is 21.7 Å². The zero-order valence-corrected chi connectivity index (χ0v) is 21.5. The van der Waals surface area contributed by atoms with Crippen molar-refractivity contribution in [3.63, 3.8) is 0 Å². The van der Waals surface area contributed by atoms with Gasteiger partial charge in [-0.3, -0.25) is 14.4 Å². The van der Waals surface area contributed by atoms with Crippen LogP contribution >= 0.6 is 0 Å². The van der Waals surface area contributed by atoms with E-state index in [9.17, 15) is 27.6 Å². The highest BCUT2D eigenvalue weighted by atomic mass is 19.4. The number of terminal acetylenes is 1. The SMILES string of the molecule is C#CCn1nccc1C(=O)N[C@H](C(=O)Nc1ccc(C2(C(=O)NCC(F)(F)F)CC2)cc1)C1CCCCCC1. The summed E-state index contributed by atoms with van der Waals surface area (Å²) in [5.74, 6) is 0.940. The number of hydrogen-bond acceptors (Lipinski definition) is 4. The summed E-state index contributed by atoms with van der Waals surface area (Å²) in [7, 11) is 0. The van der Waals surface area contributed by atoms with Gasteiger partial charge in [0.05, 0.1) is 5.41 Å². The predicted molar refractivity (Wildman–Crippen MR) is 139 cm³/mol. The molecule has 2 saturated carbocycles. The van der Waals surface area contributed by atoms with Crippen molar-refractivity contribution in [3.05, 3.63) is 47.8 Å². The molecule has 3 amide bonds. The van der Waals surface area contributed by atoms with Crippen molar-refractivity contribution in [2.45, 2.75) is 75.5 Å². The normalized spacial score (nSPS) is 17.8. The van der Waals surface area contributed by atoms with Crippen LogP contribution in [0.2, 0.25) is 0 Å². The molecule has 39 heavy (non-hydrogen) atoms. The maximum absolute atomic E-state index is 13.5. The summed E-state index contributed by atoms with van der Waals surface area (Å²) < 4.78 is 39.0. The third-order valence-electron chi connectivity index (χ3n) is 7.47. The molecular weight excluding hydrogens is 511 g/mol. The van der Waals surface area contributed by atoms with Crippen LogP contribution in [0.5, 0.6) is 0 Å². The Kier molecular flexibility index (Phi) is 8.63. The molecule has 2 aliphatic carbocycles. The first-order valence-corrected chi connectivity index (χ1v) is 13.2. The van der Waals surface area contributed by atoms with Crippen LogP contribution in [0, 0.1) is 18.3 Å². The first kappa shape index (κ1) is 28.2. The molecule has 2 fully saturated rings. The van der Waals surface area contributed by atoms with E-state index in [0.29, 0.717) is 24.1 Å². The summed E-state index contributed by atoms with van der Waals surface area (Å²) in [5.41, 5.74) is 0.338. The Balaban J connectivity index is 1.46. The van der Waals surface area contributed by atoms with Gasteiger partial charge in [-0.2, -0.15) is 18.3 Å². The number of halogens is 3. The van der Waals surface area contributed by atoms with Crippen molar-refractivity contribution in [1.82, 2.24) is 20.4 Å². The Morgan fingerprint density at radius 2 is 1.74 bits per heavy atom. The van der Waals surface area contributed by atoms with Crippen molar-refractivity contribution in [2.75, 3.05) is 11.9 Å². The minimum absolute atomic E-state index is 0.0493. The number of nitrogens with one attached hydrogen (secondary N) is 3. The number of amides is 3. The lowest BCUT2D eigenvalue weighted by molar-refractivity contribution is -0.139. The fourth-order valence-electron chi connectivity index (χ4n) is 5.21. The zero-order chi connectivity index (χ0) is 28.0. The molecule has 4 rings (SSSR count). The number of alkyl halides is 3. The molecule has 0 spiro atoms. The molecule has 1 aromatic heterocycles. The van der Waals surface area contributed by atoms with Gasteiger partial charge in [-0.15, -0.1) is 6.42 Å². The number of carbonyl (C=O) groups excluding carboxylic acids is 3. The van der Waals surface area contributed by atoms with Crippen LogP contribution < -0.4 is 16.0 Å². The molecule has 0 saturated heterocycles. The minimum Gasteiger partial charge on any atom is -0.346 e. The van der Waals surface area contributed by atoms with Crippen LogP contribution in [0.15, 0.2) is 36.5 Å². The van der Waals surface area contributed by atoms with Gasteiger partial charge in [-0.25, -0.2) is 4.68 Å². The summed E-state index contributed by atoms with van der Waals surface area (Å²) in [6.45, 7) is -1.25. The Labute approximate surface area is 225 Å². The summed E-state index contributed by atoms with van der Waals surface area (Å²) in [5, 5.41) is 11.8. The summed E-state index contributed by atoms with van der Waals surface area (Å²) in [6, 6.07) is 7.30. The molecule has 0 radical (unpaired) electrons. The molecule has 3 N–H and O–H groups in total. The summed E-state index contributed by atoms with van der Waals surface area (Å²) in [6.07, 6.45) is 8.96. The van der Waals surface area contributed by atoms with Gasteiger partial charge in [0, 0.05) is 11.9 Å². The molecule has 208 valence electrons. The monoisotopic (exact) mass is 543 g/mol. The fraction of sp³-hybridized carbons (Fsp3) is 0.500. The topological polar surface area (TPSA) is 105 Å². The molecule has 11 heteroatoms. The van der Waals surface area contributed by atoms with Gasteiger partial charge in [-0.1, -0.05) is 43.7 Å². The van der Waals surface area contributed by atoms with Gasteiger partial charge in [0.25, 0.3) is 5.91 Å². The van der Waals surface area contributed by atoms with Crippen molar-refractivity contribution in [3.8, 4) is 12.3 Å². The first-order chi connectivity index (χ1) is 18.6. The van der Waals surface area contributed by atoms with Crippen molar-refractivity contribution in [2.24, 2.45) is 5.92 Å². The number of anilines is 1. The number of rotatable bonds is 9. The Morgan fingerprint density at radius 1 is 1.08 bits per heavy atom. The molecule has 8 nitrogen and oxygen atoms in total. The van der Waals surface area contributed by atoms with Crippen LogP contribution in [0.25, 0.3) is 0 Å². The predicted octanol–water partition coefficient (Wildman–Crippen LogP) is 3.93. The van der Waals surface area contributed by atoms with Gasteiger partial charge in [-0.05, 0) is 55.4 Å². The Morgan fingerprint density at radius 3 is 2.33 bits per heavy atom. The highest BCUT2D eigenvalue weighted by Crippen LogP contribution is 2.48. The van der Waals surface area contributed by atoms with E-state index in [4.69, 9.17) is 6.42 Å². The maximum atomic E-state index is 13.5. The Bertz CT molecular complexity index is 1220. The smallest absolute Gasteiger partial charge is 0.346 e. The van der Waals surface area contributed by atoms with Crippen LogP contribution in [0.1, 0.15) is 67.4 Å². The van der Waals surface area contributed by atoms with Crippen molar-refractivity contribution in [1.29, 1.82) is 0 Å². The van der Waals surface area contributed by atoms with Gasteiger partial charge < -0.3 is 16.0 Å². The van der Waals surface area contributed by atoms with Crippen molar-refractivity contribution < 1.29 is 27.6 Å². The zero-order valence-electron chi connectivity index (χ0n) is 21.5. The first-order valence-electron chi connectivity index (χ1n) is 13.2. The van der Waals surface area contributed by atoms with Crippen molar-refractivity contribution >= 4 is 23.4 Å². The van der Waals surface area contributed by atoms with E-state index < -0.39 is 36.0 Å². The van der Waals surface area contributed by atoms with Crippen LogP contribution in [0.3, 0.4) is 0 Å². The molecule has 0 unspecified atom stereocenters. The maximum Gasteiger partial charge on any atom is 0.405 e. The molecule has 2 aliphatic rings. The largest absolute Gasteiger partial charge is 0.405 e. The number of benzene rings is 1. The summed E-state index contributed by atoms with van der Waals surface area (Å²) >= 11 is 0. The third-order valence-corrected chi connectivity index (χ3v) is 7.47. The lowest BCUT2D eigenvalue weighted by Gasteiger charge is -2.26. The molecular formula is C28H32F3N5O3. The van der Waals surface area contributed by atoms with Gasteiger partial charge in [0.2, 0.25) is 11.8 Å². The van der Waals surface area contributed by atoms with E-state index in [1.54, 1.807) is 30.3 Å². The third kappa shape index (κ3) is 6.99. The van der Waals surface area contributed by atoms with E-state index in [1.165, 1.54) is 10.9 Å². The Hall–Kier alpha value is -3.81. The van der Waals surface area contributed by atoms with Crippen LogP contribution in [-0.2, 0) is 21.5 Å². The number of hydrogen-bond donors (Lipinski definition) is 3. The number of aromatic nitrogens is 2. The van der Waals surface area contributed by atoms with Crippen LogP contribution in [0.4, 0.5) is 18.9 Å². The van der Waals surface area contributed by atoms with Gasteiger partial charge in [0.1, 0.15) is 24.8 Å². The lowest BCUT2D eigenvalue weighted by atomic mass is 9.90. The average molecular weight is 544 g/mol. The molecule has 1 aromatic carbocycles. The summed E-state index contributed by atoms with van der Waals surface area (Å²) in [4.78, 5) is 39.0. The van der Waals surface area contributed by atoms with E-state index in [-0.39, 0.29) is 24.1 Å². The van der Waals surface area contributed by atoms with E-state index in [0.717, 1.165) is 38.5 Å². The quantitative estimate of drug-likeness (QED) is 0.329. The molecule has 1 heterocycles. The highest BCUT2D eigenvalue weighted by Gasteiger charge is 2.51. The second-order valence-electron chi connectivity index (χ2n) is 10.2. The average Bonchev–Trinajstić information content (AvgIpc) is 3.65. The number of carbonyl (C=O) groups is 3. The molecule has 0 bridgehead atoms. The van der Waals surface area contributed by atoms with Crippen LogP contribution in [-0.4, -0.2) is 46.3 Å². The molecule has 0 aliphatic heterocycles. The second kappa shape index (κ2) is 11.9. The molecule has 1 atom stereocenters. The standard InChI is InChI=1S/C28H32F3N5O3/c1-2-17-36-22(13-16-33-36)24(37)35-23(19-7-5-3-4-6-8-19)25(38)34-21-11-9-20(10-12-21)27(14-15-27)26(39)32-18-28(29,30)31/h1,9-13,16,19,23H,3-8,14-15,17-18H2,(H,32,39)(H,34,38)(H,35,37)/t23-/m0/s1.